The molecule has 0 aliphatic rings. The summed E-state index contributed by atoms with van der Waals surface area (Å²) in [6.45, 7) is 0.605. The van der Waals surface area contributed by atoms with Crippen LogP contribution in [0, 0.1) is 0 Å². The molecule has 2 aromatic rings. The number of carbonyl (C=O) groups excluding carboxylic acids is 1. The third kappa shape index (κ3) is 4.25. The van der Waals surface area contributed by atoms with Gasteiger partial charge in [0.15, 0.2) is 0 Å². The zero-order valence-corrected chi connectivity index (χ0v) is 12.3. The summed E-state index contributed by atoms with van der Waals surface area (Å²) in [5, 5.41) is 16.2. The van der Waals surface area contributed by atoms with Crippen LogP contribution in [0.3, 0.4) is 0 Å². The Labute approximate surface area is 127 Å². The molecule has 1 aromatic heterocycles. The van der Waals surface area contributed by atoms with Gasteiger partial charge in [0.05, 0.1) is 24.5 Å². The average Bonchev–Trinajstić information content (AvgIpc) is 2.92. The van der Waals surface area contributed by atoms with Gasteiger partial charge in [0.2, 0.25) is 5.91 Å². The Balaban J connectivity index is 2.15. The van der Waals surface area contributed by atoms with Crippen LogP contribution in [0.1, 0.15) is 0 Å². The molecular weight excluding hydrogens is 294 g/mol. The van der Waals surface area contributed by atoms with Crippen molar-refractivity contribution in [1.29, 1.82) is 0 Å². The van der Waals surface area contributed by atoms with E-state index in [0.29, 0.717) is 22.9 Å². The summed E-state index contributed by atoms with van der Waals surface area (Å²) in [5.74, 6) is -0.199. The lowest BCUT2D eigenvalue weighted by Crippen LogP contribution is -2.32. The minimum Gasteiger partial charge on any atom is -0.395 e. The van der Waals surface area contributed by atoms with Crippen molar-refractivity contribution < 1.29 is 9.90 Å². The smallest absolute Gasteiger partial charge is 0.238 e. The van der Waals surface area contributed by atoms with Gasteiger partial charge in [-0.15, -0.1) is 0 Å². The Hall–Kier alpha value is -1.96. The van der Waals surface area contributed by atoms with Crippen LogP contribution < -0.4 is 5.32 Å². The molecule has 21 heavy (non-hydrogen) atoms. The third-order valence-electron chi connectivity index (χ3n) is 2.79. The molecule has 112 valence electrons. The molecule has 1 amide bonds. The van der Waals surface area contributed by atoms with Crippen molar-refractivity contribution in [2.45, 2.75) is 0 Å². The first-order chi connectivity index (χ1) is 10.1. The number of nitrogens with one attached hydrogen (secondary N) is 1. The molecule has 0 saturated carbocycles. The quantitative estimate of drug-likeness (QED) is 0.824. The van der Waals surface area contributed by atoms with E-state index in [0.717, 1.165) is 0 Å². The number of aliphatic hydroxyl groups excluding tert-OH is 1. The molecule has 0 bridgehead atoms. The predicted molar refractivity (Wildman–Crippen MR) is 79.6 cm³/mol. The topological polar surface area (TPSA) is 83.3 Å². The maximum atomic E-state index is 12.0. The van der Waals surface area contributed by atoms with Gasteiger partial charge in [-0.05, 0) is 25.2 Å². The number of hydrogen-bond donors (Lipinski definition) is 2. The zero-order chi connectivity index (χ0) is 15.2. The normalized spacial score (nSPS) is 10.9. The molecule has 0 radical (unpaired) electrons. The van der Waals surface area contributed by atoms with E-state index in [9.17, 15) is 4.79 Å². The number of halogens is 1. The Morgan fingerprint density at radius 1 is 1.52 bits per heavy atom. The maximum absolute atomic E-state index is 12.0. The molecule has 0 fully saturated rings. The van der Waals surface area contributed by atoms with Crippen LogP contribution >= 0.6 is 11.6 Å². The van der Waals surface area contributed by atoms with Gasteiger partial charge in [-0.25, -0.2) is 9.67 Å². The zero-order valence-electron chi connectivity index (χ0n) is 11.5. The Morgan fingerprint density at radius 3 is 3.00 bits per heavy atom. The molecule has 0 saturated heterocycles. The molecule has 1 heterocycles. The number of hydrogen-bond acceptors (Lipinski definition) is 5. The molecule has 0 unspecified atom stereocenters. The largest absolute Gasteiger partial charge is 0.395 e. The van der Waals surface area contributed by atoms with Crippen molar-refractivity contribution in [1.82, 2.24) is 19.7 Å². The lowest BCUT2D eigenvalue weighted by Gasteiger charge is -2.16. The average molecular weight is 310 g/mol. The van der Waals surface area contributed by atoms with Crippen molar-refractivity contribution in [2.75, 3.05) is 32.1 Å². The first kappa shape index (κ1) is 15.4. The van der Waals surface area contributed by atoms with Crippen molar-refractivity contribution >= 4 is 23.2 Å². The van der Waals surface area contributed by atoms with E-state index in [1.165, 1.54) is 12.7 Å². The molecule has 0 spiro atoms. The standard InChI is InChI=1S/C13H16ClN5O2/c1-18(4-5-20)7-13(21)17-11-6-10(14)2-3-12(11)19-9-15-8-16-19/h2-3,6,8-9,20H,4-5,7H2,1H3,(H,17,21). The summed E-state index contributed by atoms with van der Waals surface area (Å²) < 4.78 is 1.55. The molecule has 0 aliphatic carbocycles. The van der Waals surface area contributed by atoms with Crippen molar-refractivity contribution in [3.05, 3.63) is 35.9 Å². The molecule has 8 heteroatoms. The Bertz CT molecular complexity index is 603. The van der Waals surface area contributed by atoms with E-state index >= 15 is 0 Å². The van der Waals surface area contributed by atoms with E-state index in [-0.39, 0.29) is 19.1 Å². The van der Waals surface area contributed by atoms with E-state index in [1.807, 2.05) is 0 Å². The summed E-state index contributed by atoms with van der Waals surface area (Å²) in [6, 6.07) is 5.12. The molecule has 2 rings (SSSR count). The highest BCUT2D eigenvalue weighted by atomic mass is 35.5. The third-order valence-corrected chi connectivity index (χ3v) is 3.03. The van der Waals surface area contributed by atoms with Crippen LogP contribution in [0.5, 0.6) is 0 Å². The van der Waals surface area contributed by atoms with Crippen LogP contribution in [0.4, 0.5) is 5.69 Å². The SMILES string of the molecule is CN(CCO)CC(=O)Nc1cc(Cl)ccc1-n1cncn1. The van der Waals surface area contributed by atoms with Gasteiger partial charge in [-0.2, -0.15) is 5.10 Å². The van der Waals surface area contributed by atoms with Crippen LogP contribution in [0.25, 0.3) is 5.69 Å². The Kier molecular flexibility index (Phi) is 5.26. The van der Waals surface area contributed by atoms with Crippen molar-refractivity contribution in [3.63, 3.8) is 0 Å². The first-order valence-corrected chi connectivity index (χ1v) is 6.71. The number of benzene rings is 1. The highest BCUT2D eigenvalue weighted by molar-refractivity contribution is 6.31. The minimum absolute atomic E-state index is 0.00511. The fourth-order valence-electron chi connectivity index (χ4n) is 1.83. The predicted octanol–water partition coefficient (Wildman–Crippen LogP) is 0.783. The number of amides is 1. The highest BCUT2D eigenvalue weighted by Crippen LogP contribution is 2.23. The molecule has 0 atom stereocenters. The lowest BCUT2D eigenvalue weighted by molar-refractivity contribution is -0.117. The van der Waals surface area contributed by atoms with Gasteiger partial charge in [0.1, 0.15) is 12.7 Å². The number of anilines is 1. The van der Waals surface area contributed by atoms with Crippen molar-refractivity contribution in [3.8, 4) is 5.69 Å². The number of nitrogens with zero attached hydrogens (tertiary/aromatic N) is 4. The Morgan fingerprint density at radius 2 is 2.33 bits per heavy atom. The summed E-state index contributed by atoms with van der Waals surface area (Å²) in [6.07, 6.45) is 2.95. The molecule has 0 aliphatic heterocycles. The van der Waals surface area contributed by atoms with Gasteiger partial charge in [-0.3, -0.25) is 9.69 Å². The first-order valence-electron chi connectivity index (χ1n) is 6.34. The van der Waals surface area contributed by atoms with Gasteiger partial charge in [-0.1, -0.05) is 11.6 Å². The van der Waals surface area contributed by atoms with Gasteiger partial charge < -0.3 is 10.4 Å². The van der Waals surface area contributed by atoms with Crippen LogP contribution in [0.2, 0.25) is 5.02 Å². The van der Waals surface area contributed by atoms with Gasteiger partial charge >= 0.3 is 0 Å². The molecular formula is C13H16ClN5O2. The fourth-order valence-corrected chi connectivity index (χ4v) is 2.00. The monoisotopic (exact) mass is 309 g/mol. The van der Waals surface area contributed by atoms with Crippen LogP contribution in [0.15, 0.2) is 30.9 Å². The van der Waals surface area contributed by atoms with E-state index in [2.05, 4.69) is 15.4 Å². The summed E-state index contributed by atoms with van der Waals surface area (Å²) in [7, 11) is 1.76. The molecule has 1 aromatic carbocycles. The van der Waals surface area contributed by atoms with Gasteiger partial charge in [0.25, 0.3) is 0 Å². The summed E-state index contributed by atoms with van der Waals surface area (Å²) in [5.41, 5.74) is 1.23. The second kappa shape index (κ2) is 7.16. The second-order valence-electron chi connectivity index (χ2n) is 4.51. The van der Waals surface area contributed by atoms with E-state index in [4.69, 9.17) is 16.7 Å². The maximum Gasteiger partial charge on any atom is 0.238 e. The number of rotatable bonds is 6. The summed E-state index contributed by atoms with van der Waals surface area (Å²) in [4.78, 5) is 17.6. The fraction of sp³-hybridized carbons (Fsp3) is 0.308. The highest BCUT2D eigenvalue weighted by Gasteiger charge is 2.11. The number of likely N-dealkylation sites (N-methyl/N-ethyl adjacent to an activating group) is 1. The van der Waals surface area contributed by atoms with E-state index < -0.39 is 0 Å². The number of carbonyl (C=O) groups is 1. The number of aromatic nitrogens is 3. The number of aliphatic hydroxyl groups is 1. The van der Waals surface area contributed by atoms with Crippen molar-refractivity contribution in [2.24, 2.45) is 0 Å². The van der Waals surface area contributed by atoms with Crippen LogP contribution in [-0.4, -0.2) is 57.4 Å². The molecule has 7 nitrogen and oxygen atoms in total. The second-order valence-corrected chi connectivity index (χ2v) is 4.95. The van der Waals surface area contributed by atoms with E-state index in [1.54, 1.807) is 34.8 Å². The van der Waals surface area contributed by atoms with Gasteiger partial charge in [0, 0.05) is 11.6 Å². The lowest BCUT2D eigenvalue weighted by atomic mass is 10.2. The van der Waals surface area contributed by atoms with Crippen LogP contribution in [-0.2, 0) is 4.79 Å². The molecule has 2 N–H and O–H groups in total. The minimum atomic E-state index is -0.199. The summed E-state index contributed by atoms with van der Waals surface area (Å²) >= 11 is 5.98.